The molecule has 0 unspecified atom stereocenters. The van der Waals surface area contributed by atoms with E-state index in [9.17, 15) is 9.59 Å². The highest BCUT2D eigenvalue weighted by Crippen LogP contribution is 2.22. The Morgan fingerprint density at radius 2 is 1.95 bits per heavy atom. The van der Waals surface area contributed by atoms with Gasteiger partial charge >= 0.3 is 11.8 Å². The lowest BCUT2D eigenvalue weighted by molar-refractivity contribution is -0.157. The van der Waals surface area contributed by atoms with Crippen molar-refractivity contribution in [2.24, 2.45) is 0 Å². The molecule has 5 nitrogen and oxygen atoms in total. The van der Waals surface area contributed by atoms with Crippen LogP contribution in [0.5, 0.6) is 0 Å². The molecule has 0 saturated carbocycles. The molecular formula is C14H18ClN3O2. The van der Waals surface area contributed by atoms with Gasteiger partial charge in [0, 0.05) is 36.4 Å². The fourth-order valence-corrected chi connectivity index (χ4v) is 2.43. The van der Waals surface area contributed by atoms with Crippen LogP contribution in [0.25, 0.3) is 0 Å². The van der Waals surface area contributed by atoms with E-state index >= 15 is 0 Å². The smallest absolute Gasteiger partial charge is 0.312 e. The summed E-state index contributed by atoms with van der Waals surface area (Å²) in [4.78, 5) is 27.2. The molecule has 108 valence electrons. The highest BCUT2D eigenvalue weighted by Gasteiger charge is 2.33. The minimum absolute atomic E-state index is 0.0320. The molecule has 2 amide bonds. The summed E-state index contributed by atoms with van der Waals surface area (Å²) < 4.78 is 0. The monoisotopic (exact) mass is 295 g/mol. The first-order chi connectivity index (χ1) is 9.40. The van der Waals surface area contributed by atoms with E-state index < -0.39 is 11.8 Å². The second-order valence-electron chi connectivity index (χ2n) is 5.17. The van der Waals surface area contributed by atoms with Gasteiger partial charge in [-0.1, -0.05) is 11.6 Å². The molecule has 0 aliphatic carbocycles. The van der Waals surface area contributed by atoms with E-state index in [1.807, 2.05) is 13.8 Å². The van der Waals surface area contributed by atoms with Crippen molar-refractivity contribution in [1.29, 1.82) is 0 Å². The predicted octanol–water partition coefficient (Wildman–Crippen LogP) is 1.50. The van der Waals surface area contributed by atoms with E-state index in [0.29, 0.717) is 30.3 Å². The van der Waals surface area contributed by atoms with Gasteiger partial charge in [0.1, 0.15) is 0 Å². The maximum atomic E-state index is 12.1. The number of amides is 2. The van der Waals surface area contributed by atoms with Gasteiger partial charge in [-0.2, -0.15) is 0 Å². The molecule has 0 spiro atoms. The van der Waals surface area contributed by atoms with E-state index in [0.717, 1.165) is 5.56 Å². The molecule has 1 aliphatic heterocycles. The van der Waals surface area contributed by atoms with Crippen LogP contribution < -0.4 is 5.73 Å². The molecule has 20 heavy (non-hydrogen) atoms. The first-order valence-corrected chi connectivity index (χ1v) is 6.91. The third-order valence-corrected chi connectivity index (χ3v) is 3.76. The topological polar surface area (TPSA) is 66.6 Å². The molecule has 1 aliphatic rings. The molecule has 1 aromatic rings. The Morgan fingerprint density at radius 1 is 1.25 bits per heavy atom. The van der Waals surface area contributed by atoms with Crippen molar-refractivity contribution in [3.8, 4) is 0 Å². The number of hydrogen-bond donors (Lipinski definition) is 1. The molecule has 1 heterocycles. The number of hydrogen-bond acceptors (Lipinski definition) is 3. The second-order valence-corrected chi connectivity index (χ2v) is 5.58. The van der Waals surface area contributed by atoms with E-state index in [4.69, 9.17) is 17.3 Å². The maximum absolute atomic E-state index is 12.1. The number of carbonyl (C=O) groups is 2. The van der Waals surface area contributed by atoms with Gasteiger partial charge in [0.2, 0.25) is 0 Å². The SMILES string of the molecule is CC(C)N1CCN(Cc2cc(N)ccc2Cl)C(=O)C1=O. The van der Waals surface area contributed by atoms with Crippen LogP contribution in [0.3, 0.4) is 0 Å². The standard InChI is InChI=1S/C14H18ClN3O2/c1-9(2)18-6-5-17(13(19)14(18)20)8-10-7-11(16)3-4-12(10)15/h3-4,7,9H,5-6,8,16H2,1-2H3. The van der Waals surface area contributed by atoms with Crippen LogP contribution >= 0.6 is 11.6 Å². The molecule has 0 bridgehead atoms. The largest absolute Gasteiger partial charge is 0.399 e. The van der Waals surface area contributed by atoms with Crippen LogP contribution in [-0.4, -0.2) is 40.7 Å². The number of halogens is 1. The van der Waals surface area contributed by atoms with Crippen LogP contribution in [-0.2, 0) is 16.1 Å². The number of nitrogen functional groups attached to an aromatic ring is 1. The molecule has 6 heteroatoms. The van der Waals surface area contributed by atoms with Gasteiger partial charge in [-0.15, -0.1) is 0 Å². The van der Waals surface area contributed by atoms with Gasteiger partial charge in [-0.05, 0) is 37.6 Å². The number of nitrogens with two attached hydrogens (primary N) is 1. The quantitative estimate of drug-likeness (QED) is 0.679. The van der Waals surface area contributed by atoms with Crippen LogP contribution in [0.15, 0.2) is 18.2 Å². The highest BCUT2D eigenvalue weighted by molar-refractivity contribution is 6.35. The maximum Gasteiger partial charge on any atom is 0.312 e. The number of anilines is 1. The summed E-state index contributed by atoms with van der Waals surface area (Å²) in [5.74, 6) is -0.935. The number of nitrogens with zero attached hydrogens (tertiary/aromatic N) is 2. The Bertz CT molecular complexity index is 545. The van der Waals surface area contributed by atoms with E-state index in [1.54, 1.807) is 23.1 Å². The summed E-state index contributed by atoms with van der Waals surface area (Å²) in [5, 5.41) is 0.547. The van der Waals surface area contributed by atoms with Crippen molar-refractivity contribution >= 4 is 29.1 Å². The van der Waals surface area contributed by atoms with Crippen molar-refractivity contribution in [3.05, 3.63) is 28.8 Å². The van der Waals surface area contributed by atoms with E-state index in [1.165, 1.54) is 4.90 Å². The average Bonchev–Trinajstić information content (AvgIpc) is 2.39. The van der Waals surface area contributed by atoms with Crippen molar-refractivity contribution in [3.63, 3.8) is 0 Å². The lowest BCUT2D eigenvalue weighted by atomic mass is 10.1. The molecule has 1 saturated heterocycles. The molecular weight excluding hydrogens is 278 g/mol. The van der Waals surface area contributed by atoms with Gasteiger partial charge in [-0.3, -0.25) is 9.59 Å². The molecule has 2 rings (SSSR count). The third kappa shape index (κ3) is 2.88. The number of carbonyl (C=O) groups excluding carboxylic acids is 2. The van der Waals surface area contributed by atoms with Crippen LogP contribution in [0.4, 0.5) is 5.69 Å². The molecule has 1 fully saturated rings. The Morgan fingerprint density at radius 3 is 2.60 bits per heavy atom. The summed E-state index contributed by atoms with van der Waals surface area (Å²) in [6, 6.07) is 5.16. The van der Waals surface area contributed by atoms with E-state index in [2.05, 4.69) is 0 Å². The second kappa shape index (κ2) is 5.71. The third-order valence-electron chi connectivity index (χ3n) is 3.40. The molecule has 2 N–H and O–H groups in total. The normalized spacial score (nSPS) is 16.2. The summed E-state index contributed by atoms with van der Waals surface area (Å²) in [6.45, 7) is 5.15. The van der Waals surface area contributed by atoms with Crippen LogP contribution in [0.2, 0.25) is 5.02 Å². The Labute approximate surface area is 123 Å². The van der Waals surface area contributed by atoms with Crippen LogP contribution in [0, 0.1) is 0 Å². The number of piperazine rings is 1. The van der Waals surface area contributed by atoms with Crippen LogP contribution in [0.1, 0.15) is 19.4 Å². The molecule has 1 aromatic carbocycles. The fourth-order valence-electron chi connectivity index (χ4n) is 2.25. The molecule has 0 atom stereocenters. The molecule has 0 aromatic heterocycles. The summed E-state index contributed by atoms with van der Waals surface area (Å²) in [5.41, 5.74) is 7.06. The van der Waals surface area contributed by atoms with Crippen molar-refractivity contribution in [2.45, 2.75) is 26.4 Å². The minimum atomic E-state index is -0.483. The lowest BCUT2D eigenvalue weighted by Crippen LogP contribution is -2.55. The zero-order valence-electron chi connectivity index (χ0n) is 11.6. The summed E-state index contributed by atoms with van der Waals surface area (Å²) in [7, 11) is 0. The van der Waals surface area contributed by atoms with Gasteiger partial charge in [-0.25, -0.2) is 0 Å². The van der Waals surface area contributed by atoms with Gasteiger partial charge < -0.3 is 15.5 Å². The van der Waals surface area contributed by atoms with Crippen molar-refractivity contribution in [2.75, 3.05) is 18.8 Å². The van der Waals surface area contributed by atoms with Crippen molar-refractivity contribution in [1.82, 2.24) is 9.80 Å². The van der Waals surface area contributed by atoms with Gasteiger partial charge in [0.05, 0.1) is 0 Å². The zero-order valence-corrected chi connectivity index (χ0v) is 12.4. The average molecular weight is 296 g/mol. The fraction of sp³-hybridized carbons (Fsp3) is 0.429. The lowest BCUT2D eigenvalue weighted by Gasteiger charge is -2.36. The van der Waals surface area contributed by atoms with Gasteiger partial charge in [0.15, 0.2) is 0 Å². The first kappa shape index (κ1) is 14.7. The Hall–Kier alpha value is -1.75. The molecule has 0 radical (unpaired) electrons. The predicted molar refractivity (Wildman–Crippen MR) is 78.1 cm³/mol. The van der Waals surface area contributed by atoms with E-state index in [-0.39, 0.29) is 6.04 Å². The summed E-state index contributed by atoms with van der Waals surface area (Å²) >= 11 is 6.09. The first-order valence-electron chi connectivity index (χ1n) is 6.54. The number of rotatable bonds is 3. The van der Waals surface area contributed by atoms with Gasteiger partial charge in [0.25, 0.3) is 0 Å². The van der Waals surface area contributed by atoms with Crippen molar-refractivity contribution < 1.29 is 9.59 Å². The summed E-state index contributed by atoms with van der Waals surface area (Å²) in [6.07, 6.45) is 0. The zero-order chi connectivity index (χ0) is 14.9. The number of benzene rings is 1. The highest BCUT2D eigenvalue weighted by atomic mass is 35.5. The Kier molecular flexibility index (Phi) is 4.18. The Balaban J connectivity index is 2.14. The minimum Gasteiger partial charge on any atom is -0.399 e.